The third kappa shape index (κ3) is 1.82. The summed E-state index contributed by atoms with van der Waals surface area (Å²) < 4.78 is 1.17. The van der Waals surface area contributed by atoms with E-state index in [4.69, 9.17) is 17.3 Å². The van der Waals surface area contributed by atoms with Crippen molar-refractivity contribution in [1.82, 2.24) is 4.98 Å². The number of nitrogens with zero attached hydrogens (tertiary/aromatic N) is 1. The Morgan fingerprint density at radius 2 is 2.31 bits per heavy atom. The van der Waals surface area contributed by atoms with Crippen LogP contribution >= 0.6 is 22.9 Å². The lowest BCUT2D eigenvalue weighted by atomic mass is 10.3. The van der Waals surface area contributed by atoms with Gasteiger partial charge in [0.25, 0.3) is 0 Å². The van der Waals surface area contributed by atoms with E-state index in [1.54, 1.807) is 11.3 Å². The Kier molecular flexibility index (Phi) is 2.49. The van der Waals surface area contributed by atoms with E-state index in [0.29, 0.717) is 11.7 Å². The zero-order valence-corrected chi connectivity index (χ0v) is 8.53. The summed E-state index contributed by atoms with van der Waals surface area (Å²) in [6, 6.07) is 5.86. The first-order valence-corrected chi connectivity index (χ1v) is 5.24. The molecule has 0 atom stereocenters. The summed E-state index contributed by atoms with van der Waals surface area (Å²) in [6.45, 7) is 0.681. The molecule has 0 aliphatic carbocycles. The van der Waals surface area contributed by atoms with E-state index in [0.717, 1.165) is 11.9 Å². The van der Waals surface area contributed by atoms with Gasteiger partial charge in [-0.05, 0) is 31.2 Å². The Morgan fingerprint density at radius 3 is 3.08 bits per heavy atom. The largest absolute Gasteiger partial charge is 0.330 e. The number of thiophene rings is 1. The quantitative estimate of drug-likeness (QED) is 0.777. The molecular weight excluding hydrogens is 204 g/mol. The van der Waals surface area contributed by atoms with Gasteiger partial charge >= 0.3 is 0 Å². The lowest BCUT2D eigenvalue weighted by molar-refractivity contribution is 0.989. The molecular formula is C9H9ClN2S. The lowest BCUT2D eigenvalue weighted by Gasteiger charge is -1.87. The van der Waals surface area contributed by atoms with Crippen LogP contribution in [0.4, 0.5) is 0 Å². The first-order valence-electron chi connectivity index (χ1n) is 4.04. The predicted molar refractivity (Wildman–Crippen MR) is 57.4 cm³/mol. The number of pyridine rings is 1. The summed E-state index contributed by atoms with van der Waals surface area (Å²) >= 11 is 7.50. The molecule has 2 N–H and O–H groups in total. The van der Waals surface area contributed by atoms with Crippen LogP contribution < -0.4 is 5.73 Å². The lowest BCUT2D eigenvalue weighted by Crippen LogP contribution is -2.00. The fourth-order valence-corrected chi connectivity index (χ4v) is 2.39. The molecule has 0 unspecified atom stereocenters. The minimum atomic E-state index is 0.546. The molecule has 0 radical (unpaired) electrons. The van der Waals surface area contributed by atoms with Crippen molar-refractivity contribution in [2.75, 3.05) is 6.54 Å². The van der Waals surface area contributed by atoms with Crippen LogP contribution in [0.1, 0.15) is 4.88 Å². The van der Waals surface area contributed by atoms with Gasteiger partial charge in [0.05, 0.1) is 10.2 Å². The minimum absolute atomic E-state index is 0.546. The van der Waals surface area contributed by atoms with Crippen LogP contribution in [-0.4, -0.2) is 11.5 Å². The number of nitrogens with two attached hydrogens (primary N) is 1. The van der Waals surface area contributed by atoms with E-state index in [9.17, 15) is 0 Å². The summed E-state index contributed by atoms with van der Waals surface area (Å²) in [5.74, 6) is 0. The summed E-state index contributed by atoms with van der Waals surface area (Å²) in [7, 11) is 0. The SMILES string of the molecule is NCCc1cc2nc(Cl)ccc2s1. The summed E-state index contributed by atoms with van der Waals surface area (Å²) in [6.07, 6.45) is 0.915. The molecule has 68 valence electrons. The van der Waals surface area contributed by atoms with E-state index in [1.807, 2.05) is 12.1 Å². The molecule has 0 saturated heterocycles. The number of rotatable bonds is 2. The van der Waals surface area contributed by atoms with E-state index in [1.165, 1.54) is 9.58 Å². The summed E-state index contributed by atoms with van der Waals surface area (Å²) in [5, 5.41) is 0.546. The number of halogens is 1. The summed E-state index contributed by atoms with van der Waals surface area (Å²) in [4.78, 5) is 5.48. The Morgan fingerprint density at radius 1 is 1.46 bits per heavy atom. The van der Waals surface area contributed by atoms with Crippen molar-refractivity contribution in [3.63, 3.8) is 0 Å². The van der Waals surface area contributed by atoms with E-state index < -0.39 is 0 Å². The molecule has 0 spiro atoms. The first-order chi connectivity index (χ1) is 6.29. The molecule has 4 heteroatoms. The highest BCUT2D eigenvalue weighted by Gasteiger charge is 2.02. The maximum absolute atomic E-state index is 5.77. The van der Waals surface area contributed by atoms with Crippen LogP contribution in [-0.2, 0) is 6.42 Å². The third-order valence-corrected chi connectivity index (χ3v) is 3.14. The second kappa shape index (κ2) is 3.62. The van der Waals surface area contributed by atoms with Crippen molar-refractivity contribution in [2.45, 2.75) is 6.42 Å². The molecule has 0 fully saturated rings. The average molecular weight is 213 g/mol. The van der Waals surface area contributed by atoms with Crippen molar-refractivity contribution >= 4 is 33.2 Å². The van der Waals surface area contributed by atoms with Crippen LogP contribution in [0.15, 0.2) is 18.2 Å². The highest BCUT2D eigenvalue weighted by Crippen LogP contribution is 2.25. The molecule has 2 heterocycles. The van der Waals surface area contributed by atoms with Gasteiger partial charge in [-0.1, -0.05) is 11.6 Å². The molecule has 0 saturated carbocycles. The standard InChI is InChI=1S/C9H9ClN2S/c10-9-2-1-8-7(12-9)5-6(13-8)3-4-11/h1-2,5H,3-4,11H2. The smallest absolute Gasteiger partial charge is 0.129 e. The second-order valence-electron chi connectivity index (χ2n) is 2.77. The Balaban J connectivity index is 2.49. The number of hydrogen-bond acceptors (Lipinski definition) is 3. The maximum atomic E-state index is 5.77. The third-order valence-electron chi connectivity index (χ3n) is 1.78. The number of fused-ring (bicyclic) bond motifs is 1. The molecule has 2 aromatic rings. The van der Waals surface area contributed by atoms with Gasteiger partial charge in [0.1, 0.15) is 5.15 Å². The molecule has 0 aromatic carbocycles. The predicted octanol–water partition coefficient (Wildman–Crippen LogP) is 2.45. The van der Waals surface area contributed by atoms with Gasteiger partial charge in [-0.2, -0.15) is 0 Å². The minimum Gasteiger partial charge on any atom is -0.330 e. The monoisotopic (exact) mass is 212 g/mol. The summed E-state index contributed by atoms with van der Waals surface area (Å²) in [5.41, 5.74) is 6.45. The molecule has 13 heavy (non-hydrogen) atoms. The molecule has 0 amide bonds. The van der Waals surface area contributed by atoms with E-state index in [-0.39, 0.29) is 0 Å². The van der Waals surface area contributed by atoms with E-state index in [2.05, 4.69) is 11.1 Å². The molecule has 2 rings (SSSR count). The number of aromatic nitrogens is 1. The van der Waals surface area contributed by atoms with Gasteiger partial charge in [0.2, 0.25) is 0 Å². The van der Waals surface area contributed by atoms with Crippen LogP contribution in [0.2, 0.25) is 5.15 Å². The van der Waals surface area contributed by atoms with Crippen molar-refractivity contribution in [2.24, 2.45) is 5.73 Å². The molecule has 0 aliphatic rings. The van der Waals surface area contributed by atoms with Crippen molar-refractivity contribution in [1.29, 1.82) is 0 Å². The van der Waals surface area contributed by atoms with Crippen LogP contribution in [0, 0.1) is 0 Å². The highest BCUT2D eigenvalue weighted by atomic mass is 35.5. The van der Waals surface area contributed by atoms with Crippen molar-refractivity contribution in [3.8, 4) is 0 Å². The molecule has 0 bridgehead atoms. The first kappa shape index (κ1) is 8.94. The normalized spacial score (nSPS) is 10.9. The highest BCUT2D eigenvalue weighted by molar-refractivity contribution is 7.19. The fourth-order valence-electron chi connectivity index (χ4n) is 1.22. The zero-order valence-electron chi connectivity index (χ0n) is 6.96. The average Bonchev–Trinajstić information content (AvgIpc) is 2.46. The van der Waals surface area contributed by atoms with Crippen LogP contribution in [0.5, 0.6) is 0 Å². The van der Waals surface area contributed by atoms with Gasteiger partial charge in [-0.15, -0.1) is 11.3 Å². The van der Waals surface area contributed by atoms with Gasteiger partial charge in [0.15, 0.2) is 0 Å². The van der Waals surface area contributed by atoms with Gasteiger partial charge in [-0.3, -0.25) is 0 Å². The van der Waals surface area contributed by atoms with Crippen LogP contribution in [0.25, 0.3) is 10.2 Å². The topological polar surface area (TPSA) is 38.9 Å². The Labute approximate surface area is 85.3 Å². The van der Waals surface area contributed by atoms with Crippen molar-refractivity contribution in [3.05, 3.63) is 28.2 Å². The van der Waals surface area contributed by atoms with E-state index >= 15 is 0 Å². The Hall–Kier alpha value is -0.640. The van der Waals surface area contributed by atoms with Gasteiger partial charge in [-0.25, -0.2) is 4.98 Å². The maximum Gasteiger partial charge on any atom is 0.129 e. The molecule has 0 aliphatic heterocycles. The molecule has 2 aromatic heterocycles. The fraction of sp³-hybridized carbons (Fsp3) is 0.222. The van der Waals surface area contributed by atoms with Gasteiger partial charge < -0.3 is 5.73 Å². The van der Waals surface area contributed by atoms with Crippen LogP contribution in [0.3, 0.4) is 0 Å². The Bertz CT molecular complexity index is 424. The number of hydrogen-bond donors (Lipinski definition) is 1. The second-order valence-corrected chi connectivity index (χ2v) is 4.32. The zero-order chi connectivity index (χ0) is 9.26. The van der Waals surface area contributed by atoms with Crippen molar-refractivity contribution < 1.29 is 0 Å². The van der Waals surface area contributed by atoms with Gasteiger partial charge in [0, 0.05) is 4.88 Å². The molecule has 2 nitrogen and oxygen atoms in total.